The fourth-order valence-electron chi connectivity index (χ4n) is 2.48. The highest BCUT2D eigenvalue weighted by atomic mass is 16.8. The van der Waals surface area contributed by atoms with Crippen molar-refractivity contribution in [3.05, 3.63) is 72.5 Å². The van der Waals surface area contributed by atoms with Crippen molar-refractivity contribution in [2.24, 2.45) is 0 Å². The van der Waals surface area contributed by atoms with Crippen LogP contribution in [0.15, 0.2) is 66.9 Å². The summed E-state index contributed by atoms with van der Waals surface area (Å²) in [5.74, 6) is 1.07. The molecule has 0 aromatic heterocycles. The van der Waals surface area contributed by atoms with Crippen LogP contribution >= 0.6 is 0 Å². The number of hydrogen-bond acceptors (Lipinski definition) is 5. The molecule has 2 aromatic rings. The van der Waals surface area contributed by atoms with Gasteiger partial charge in [-0.25, -0.2) is 0 Å². The van der Waals surface area contributed by atoms with Gasteiger partial charge in [-0.2, -0.15) is 0 Å². The zero-order chi connectivity index (χ0) is 17.5. The van der Waals surface area contributed by atoms with E-state index in [1.807, 2.05) is 54.6 Å². The standard InChI is InChI=1S/C20H22O5/c1-16-12-24-20(25-16,14-22-13-17-6-4-3-5-7-17)15-23-19-10-8-18(21-2)9-11-19/h3-11H,1,12-15H2,2H3. The van der Waals surface area contributed by atoms with Crippen LogP contribution in [0.4, 0.5) is 0 Å². The normalized spacial score (nSPS) is 19.5. The van der Waals surface area contributed by atoms with Crippen LogP contribution < -0.4 is 9.47 Å². The summed E-state index contributed by atoms with van der Waals surface area (Å²) in [4.78, 5) is 0. The van der Waals surface area contributed by atoms with Gasteiger partial charge >= 0.3 is 0 Å². The lowest BCUT2D eigenvalue weighted by atomic mass is 10.2. The Morgan fingerprint density at radius 2 is 1.72 bits per heavy atom. The second kappa shape index (κ2) is 8.05. The van der Waals surface area contributed by atoms with Gasteiger partial charge < -0.3 is 23.7 Å². The van der Waals surface area contributed by atoms with E-state index in [-0.39, 0.29) is 13.2 Å². The smallest absolute Gasteiger partial charge is 0.268 e. The molecule has 1 heterocycles. The van der Waals surface area contributed by atoms with E-state index in [2.05, 4.69) is 6.58 Å². The van der Waals surface area contributed by atoms with Crippen molar-refractivity contribution in [2.45, 2.75) is 12.4 Å². The van der Waals surface area contributed by atoms with Crippen molar-refractivity contribution in [3.8, 4) is 11.5 Å². The molecule has 1 fully saturated rings. The number of ether oxygens (including phenoxy) is 5. The van der Waals surface area contributed by atoms with E-state index in [1.165, 1.54) is 0 Å². The van der Waals surface area contributed by atoms with Crippen molar-refractivity contribution in [2.75, 3.05) is 26.9 Å². The Kier molecular flexibility index (Phi) is 5.58. The van der Waals surface area contributed by atoms with E-state index >= 15 is 0 Å². The maximum Gasteiger partial charge on any atom is 0.268 e. The van der Waals surface area contributed by atoms with Gasteiger partial charge in [0.1, 0.15) is 30.5 Å². The highest BCUT2D eigenvalue weighted by Gasteiger charge is 2.41. The van der Waals surface area contributed by atoms with Gasteiger partial charge in [-0.1, -0.05) is 36.9 Å². The van der Waals surface area contributed by atoms with Gasteiger partial charge in [0.05, 0.1) is 13.7 Å². The van der Waals surface area contributed by atoms with Crippen molar-refractivity contribution >= 4 is 0 Å². The van der Waals surface area contributed by atoms with Crippen LogP contribution in [-0.4, -0.2) is 32.7 Å². The molecule has 1 aliphatic heterocycles. The SMILES string of the molecule is C=C1COC(COCc2ccccc2)(COc2ccc(OC)cc2)O1. The van der Waals surface area contributed by atoms with Crippen molar-refractivity contribution in [1.29, 1.82) is 0 Å². The van der Waals surface area contributed by atoms with Crippen LogP contribution in [0.25, 0.3) is 0 Å². The first-order valence-corrected chi connectivity index (χ1v) is 8.08. The average molecular weight is 342 g/mol. The molecule has 1 saturated heterocycles. The molecule has 0 amide bonds. The molecule has 132 valence electrons. The first-order chi connectivity index (χ1) is 12.2. The molecule has 25 heavy (non-hydrogen) atoms. The van der Waals surface area contributed by atoms with Crippen molar-refractivity contribution in [1.82, 2.24) is 0 Å². The van der Waals surface area contributed by atoms with Crippen LogP contribution in [0.2, 0.25) is 0 Å². The van der Waals surface area contributed by atoms with Crippen LogP contribution in [0.1, 0.15) is 5.56 Å². The third-order valence-electron chi connectivity index (χ3n) is 3.78. The molecule has 0 spiro atoms. The van der Waals surface area contributed by atoms with Gasteiger partial charge in [0.25, 0.3) is 5.79 Å². The molecule has 0 saturated carbocycles. The fourth-order valence-corrected chi connectivity index (χ4v) is 2.48. The van der Waals surface area contributed by atoms with Gasteiger partial charge in [-0.05, 0) is 29.8 Å². The summed E-state index contributed by atoms with van der Waals surface area (Å²) in [5, 5.41) is 0. The van der Waals surface area contributed by atoms with Gasteiger partial charge in [0.15, 0.2) is 6.61 Å². The number of methoxy groups -OCH3 is 1. The minimum Gasteiger partial charge on any atom is -0.497 e. The summed E-state index contributed by atoms with van der Waals surface area (Å²) in [6.07, 6.45) is 0. The zero-order valence-electron chi connectivity index (χ0n) is 14.3. The summed E-state index contributed by atoms with van der Waals surface area (Å²) < 4.78 is 28.3. The molecular weight excluding hydrogens is 320 g/mol. The summed E-state index contributed by atoms with van der Waals surface area (Å²) in [6.45, 7) is 5.08. The third-order valence-corrected chi connectivity index (χ3v) is 3.78. The quantitative estimate of drug-likeness (QED) is 0.734. The van der Waals surface area contributed by atoms with E-state index in [9.17, 15) is 0 Å². The zero-order valence-corrected chi connectivity index (χ0v) is 14.3. The maximum atomic E-state index is 5.82. The minimum atomic E-state index is -0.980. The molecule has 1 unspecified atom stereocenters. The molecule has 0 N–H and O–H groups in total. The Labute approximate surface area is 147 Å². The predicted octanol–water partition coefficient (Wildman–Crippen LogP) is 3.55. The van der Waals surface area contributed by atoms with Crippen LogP contribution in [0, 0.1) is 0 Å². The second-order valence-electron chi connectivity index (χ2n) is 5.78. The Balaban J connectivity index is 1.57. The fraction of sp³-hybridized carbons (Fsp3) is 0.300. The number of benzene rings is 2. The summed E-state index contributed by atoms with van der Waals surface area (Å²) >= 11 is 0. The van der Waals surface area contributed by atoms with E-state index in [1.54, 1.807) is 7.11 Å². The summed E-state index contributed by atoms with van der Waals surface area (Å²) in [5.41, 5.74) is 1.09. The molecule has 3 rings (SSSR count). The van der Waals surface area contributed by atoms with Crippen LogP contribution in [0.5, 0.6) is 11.5 Å². The van der Waals surface area contributed by atoms with Gasteiger partial charge in [0, 0.05) is 0 Å². The monoisotopic (exact) mass is 342 g/mol. The van der Waals surface area contributed by atoms with E-state index in [4.69, 9.17) is 23.7 Å². The topological polar surface area (TPSA) is 46.2 Å². The lowest BCUT2D eigenvalue weighted by molar-refractivity contribution is -0.204. The highest BCUT2D eigenvalue weighted by molar-refractivity contribution is 5.31. The maximum absolute atomic E-state index is 5.82. The van der Waals surface area contributed by atoms with Crippen molar-refractivity contribution in [3.63, 3.8) is 0 Å². The molecule has 5 heteroatoms. The first kappa shape index (κ1) is 17.3. The van der Waals surface area contributed by atoms with Crippen molar-refractivity contribution < 1.29 is 23.7 Å². The Bertz CT molecular complexity index is 683. The van der Waals surface area contributed by atoms with E-state index in [0.717, 1.165) is 11.3 Å². The molecule has 0 aliphatic carbocycles. The molecule has 1 aliphatic rings. The van der Waals surface area contributed by atoms with Crippen LogP contribution in [0.3, 0.4) is 0 Å². The Morgan fingerprint density at radius 3 is 2.36 bits per heavy atom. The predicted molar refractivity (Wildman–Crippen MR) is 93.5 cm³/mol. The highest BCUT2D eigenvalue weighted by Crippen LogP contribution is 2.28. The molecular formula is C20H22O5. The lowest BCUT2D eigenvalue weighted by Gasteiger charge is -2.27. The Morgan fingerprint density at radius 1 is 1.00 bits per heavy atom. The Hall–Kier alpha value is -2.50. The van der Waals surface area contributed by atoms with Gasteiger partial charge in [-0.3, -0.25) is 0 Å². The summed E-state index contributed by atoms with van der Waals surface area (Å²) in [6, 6.07) is 17.3. The molecule has 5 nitrogen and oxygen atoms in total. The lowest BCUT2D eigenvalue weighted by Crippen LogP contribution is -2.42. The summed E-state index contributed by atoms with van der Waals surface area (Å²) in [7, 11) is 1.63. The molecule has 2 aromatic carbocycles. The number of hydrogen-bond donors (Lipinski definition) is 0. The molecule has 0 bridgehead atoms. The van der Waals surface area contributed by atoms with Crippen LogP contribution in [-0.2, 0) is 20.8 Å². The van der Waals surface area contributed by atoms with Gasteiger partial charge in [-0.15, -0.1) is 0 Å². The average Bonchev–Trinajstić information content (AvgIpc) is 3.02. The first-order valence-electron chi connectivity index (χ1n) is 8.08. The van der Waals surface area contributed by atoms with Gasteiger partial charge in [0.2, 0.25) is 0 Å². The third kappa shape index (κ3) is 4.75. The van der Waals surface area contributed by atoms with E-state index in [0.29, 0.717) is 24.7 Å². The van der Waals surface area contributed by atoms with E-state index < -0.39 is 5.79 Å². The largest absolute Gasteiger partial charge is 0.497 e. The second-order valence-corrected chi connectivity index (χ2v) is 5.78. The molecule has 1 atom stereocenters. The number of rotatable bonds is 8. The molecule has 0 radical (unpaired) electrons. The minimum absolute atomic E-state index is 0.202.